The van der Waals surface area contributed by atoms with Crippen LogP contribution in [0.2, 0.25) is 0 Å². The molecule has 0 unspecified atom stereocenters. The van der Waals surface area contributed by atoms with Gasteiger partial charge in [-0.05, 0) is 24.6 Å². The molecule has 5 nitrogen and oxygen atoms in total. The molecule has 0 spiro atoms. The summed E-state index contributed by atoms with van der Waals surface area (Å²) in [6.07, 6.45) is 0. The van der Waals surface area contributed by atoms with Gasteiger partial charge in [0.15, 0.2) is 0 Å². The number of amides is 2. The number of hydrogen-bond acceptors (Lipinski definition) is 3. The lowest BCUT2D eigenvalue weighted by molar-refractivity contribution is 0.239. The first kappa shape index (κ1) is 16.6. The summed E-state index contributed by atoms with van der Waals surface area (Å²) in [4.78, 5) is 16.6. The van der Waals surface area contributed by atoms with Crippen LogP contribution in [0.4, 0.5) is 10.5 Å². The van der Waals surface area contributed by atoms with Gasteiger partial charge in [0.1, 0.15) is 0 Å². The number of urea groups is 1. The summed E-state index contributed by atoms with van der Waals surface area (Å²) in [5.74, 6) is 0.461. The van der Waals surface area contributed by atoms with E-state index < -0.39 is 0 Å². The Morgan fingerprint density at radius 2 is 1.82 bits per heavy atom. The lowest BCUT2D eigenvalue weighted by Gasteiger charge is -2.35. The van der Waals surface area contributed by atoms with E-state index in [0.717, 1.165) is 26.2 Å². The average molecular weight is 304 g/mol. The molecular formula is C17H28N4O. The van der Waals surface area contributed by atoms with Gasteiger partial charge in [-0.1, -0.05) is 32.0 Å². The predicted octanol–water partition coefficient (Wildman–Crippen LogP) is 1.89. The summed E-state index contributed by atoms with van der Waals surface area (Å²) in [6.45, 7) is 9.66. The van der Waals surface area contributed by atoms with Crippen LogP contribution < -0.4 is 15.5 Å². The molecule has 122 valence electrons. The van der Waals surface area contributed by atoms with Crippen LogP contribution in [0.15, 0.2) is 24.3 Å². The summed E-state index contributed by atoms with van der Waals surface area (Å²) < 4.78 is 0. The molecule has 2 N–H and O–H groups in total. The molecule has 5 heteroatoms. The van der Waals surface area contributed by atoms with Crippen molar-refractivity contribution in [2.75, 3.05) is 44.7 Å². The second-order valence-corrected chi connectivity index (χ2v) is 6.38. The molecule has 2 amide bonds. The normalized spacial score (nSPS) is 15.9. The molecule has 0 aliphatic carbocycles. The summed E-state index contributed by atoms with van der Waals surface area (Å²) in [7, 11) is 2.16. The van der Waals surface area contributed by atoms with E-state index in [2.05, 4.69) is 59.5 Å². The molecule has 1 fully saturated rings. The van der Waals surface area contributed by atoms with Crippen molar-refractivity contribution in [3.8, 4) is 0 Å². The Balaban J connectivity index is 1.92. The number of benzene rings is 1. The minimum atomic E-state index is -0.0955. The van der Waals surface area contributed by atoms with Gasteiger partial charge in [-0.15, -0.1) is 0 Å². The third-order valence-electron chi connectivity index (χ3n) is 3.95. The molecule has 0 atom stereocenters. The first-order chi connectivity index (χ1) is 10.6. The van der Waals surface area contributed by atoms with Crippen LogP contribution in [0.25, 0.3) is 0 Å². The highest BCUT2D eigenvalue weighted by atomic mass is 16.2. The maximum Gasteiger partial charge on any atom is 0.315 e. The Bertz CT molecular complexity index is 481. The Kier molecular flexibility index (Phi) is 6.07. The molecule has 0 radical (unpaired) electrons. The van der Waals surface area contributed by atoms with E-state index in [1.165, 1.54) is 11.3 Å². The Hall–Kier alpha value is -1.75. The van der Waals surface area contributed by atoms with E-state index in [-0.39, 0.29) is 6.03 Å². The average Bonchev–Trinajstić information content (AvgIpc) is 2.52. The molecule has 0 saturated carbocycles. The first-order valence-electron chi connectivity index (χ1n) is 8.09. The molecule has 0 bridgehead atoms. The SMILES string of the molecule is CC(C)CNC(=O)NCc1ccccc1N1CCN(C)CC1. The van der Waals surface area contributed by atoms with Gasteiger partial charge in [-0.3, -0.25) is 0 Å². The maximum atomic E-state index is 11.8. The smallest absolute Gasteiger partial charge is 0.315 e. The zero-order valence-corrected chi connectivity index (χ0v) is 13.9. The number of hydrogen-bond donors (Lipinski definition) is 2. The van der Waals surface area contributed by atoms with E-state index in [0.29, 0.717) is 19.0 Å². The minimum Gasteiger partial charge on any atom is -0.369 e. The molecule has 22 heavy (non-hydrogen) atoms. The van der Waals surface area contributed by atoms with Gasteiger partial charge in [0.2, 0.25) is 0 Å². The van der Waals surface area contributed by atoms with E-state index >= 15 is 0 Å². The van der Waals surface area contributed by atoms with Crippen LogP contribution in [-0.2, 0) is 6.54 Å². The van der Waals surface area contributed by atoms with Crippen LogP contribution in [0, 0.1) is 5.92 Å². The highest BCUT2D eigenvalue weighted by molar-refractivity contribution is 5.74. The molecule has 1 aromatic rings. The van der Waals surface area contributed by atoms with Crippen molar-refractivity contribution in [3.63, 3.8) is 0 Å². The van der Waals surface area contributed by atoms with Crippen LogP contribution in [0.3, 0.4) is 0 Å². The molecular weight excluding hydrogens is 276 g/mol. The number of likely N-dealkylation sites (N-methyl/N-ethyl adjacent to an activating group) is 1. The minimum absolute atomic E-state index is 0.0955. The monoisotopic (exact) mass is 304 g/mol. The largest absolute Gasteiger partial charge is 0.369 e. The highest BCUT2D eigenvalue weighted by Crippen LogP contribution is 2.21. The Morgan fingerprint density at radius 1 is 1.14 bits per heavy atom. The lowest BCUT2D eigenvalue weighted by atomic mass is 10.1. The number of rotatable bonds is 5. The topological polar surface area (TPSA) is 47.6 Å². The fraction of sp³-hybridized carbons (Fsp3) is 0.588. The number of nitrogens with one attached hydrogen (secondary N) is 2. The quantitative estimate of drug-likeness (QED) is 0.873. The highest BCUT2D eigenvalue weighted by Gasteiger charge is 2.16. The van der Waals surface area contributed by atoms with Crippen molar-refractivity contribution in [2.24, 2.45) is 5.92 Å². The third kappa shape index (κ3) is 4.91. The molecule has 1 saturated heterocycles. The molecule has 2 rings (SSSR count). The first-order valence-corrected chi connectivity index (χ1v) is 8.09. The van der Waals surface area contributed by atoms with E-state index in [4.69, 9.17) is 0 Å². The Morgan fingerprint density at radius 3 is 2.50 bits per heavy atom. The van der Waals surface area contributed by atoms with Crippen LogP contribution in [0.5, 0.6) is 0 Å². The van der Waals surface area contributed by atoms with Crippen molar-refractivity contribution in [1.29, 1.82) is 0 Å². The van der Waals surface area contributed by atoms with Crippen molar-refractivity contribution < 1.29 is 4.79 Å². The molecule has 0 aromatic heterocycles. The zero-order chi connectivity index (χ0) is 15.9. The number of carbonyl (C=O) groups excluding carboxylic acids is 1. The number of para-hydroxylation sites is 1. The fourth-order valence-electron chi connectivity index (χ4n) is 2.55. The van der Waals surface area contributed by atoms with E-state index in [1.54, 1.807) is 0 Å². The standard InChI is InChI=1S/C17H28N4O/c1-14(2)12-18-17(22)19-13-15-6-4-5-7-16(15)21-10-8-20(3)9-11-21/h4-7,14H,8-13H2,1-3H3,(H2,18,19,22). The number of nitrogens with zero attached hydrogens (tertiary/aromatic N) is 2. The summed E-state index contributed by atoms with van der Waals surface area (Å²) in [5.41, 5.74) is 2.41. The van der Waals surface area contributed by atoms with Gasteiger partial charge in [0, 0.05) is 45.0 Å². The second-order valence-electron chi connectivity index (χ2n) is 6.38. The molecule has 1 heterocycles. The molecule has 1 aliphatic rings. The van der Waals surface area contributed by atoms with Crippen molar-refractivity contribution in [3.05, 3.63) is 29.8 Å². The van der Waals surface area contributed by atoms with Crippen molar-refractivity contribution >= 4 is 11.7 Å². The summed E-state index contributed by atoms with van der Waals surface area (Å²) >= 11 is 0. The van der Waals surface area contributed by atoms with Crippen LogP contribution in [0.1, 0.15) is 19.4 Å². The van der Waals surface area contributed by atoms with Gasteiger partial charge >= 0.3 is 6.03 Å². The number of carbonyl (C=O) groups is 1. The summed E-state index contributed by atoms with van der Waals surface area (Å²) in [6, 6.07) is 8.24. The van der Waals surface area contributed by atoms with Crippen LogP contribution >= 0.6 is 0 Å². The number of piperazine rings is 1. The van der Waals surface area contributed by atoms with Gasteiger partial charge in [0.05, 0.1) is 0 Å². The van der Waals surface area contributed by atoms with E-state index in [1.807, 2.05) is 6.07 Å². The lowest BCUT2D eigenvalue weighted by Crippen LogP contribution is -2.45. The van der Waals surface area contributed by atoms with Crippen LogP contribution in [-0.4, -0.2) is 50.7 Å². The molecule has 1 aromatic carbocycles. The predicted molar refractivity (Wildman–Crippen MR) is 91.2 cm³/mol. The van der Waals surface area contributed by atoms with Crippen molar-refractivity contribution in [2.45, 2.75) is 20.4 Å². The maximum absolute atomic E-state index is 11.8. The summed E-state index contributed by atoms with van der Waals surface area (Å²) in [5, 5.41) is 5.84. The van der Waals surface area contributed by atoms with Gasteiger partial charge in [-0.25, -0.2) is 4.79 Å². The van der Waals surface area contributed by atoms with Crippen molar-refractivity contribution in [1.82, 2.24) is 15.5 Å². The Labute approximate surface area is 133 Å². The fourth-order valence-corrected chi connectivity index (χ4v) is 2.55. The zero-order valence-electron chi connectivity index (χ0n) is 13.9. The second kappa shape index (κ2) is 8.03. The number of anilines is 1. The van der Waals surface area contributed by atoms with Gasteiger partial charge < -0.3 is 20.4 Å². The third-order valence-corrected chi connectivity index (χ3v) is 3.95. The van der Waals surface area contributed by atoms with Gasteiger partial charge in [0.25, 0.3) is 0 Å². The van der Waals surface area contributed by atoms with Gasteiger partial charge in [-0.2, -0.15) is 0 Å². The van der Waals surface area contributed by atoms with E-state index in [9.17, 15) is 4.79 Å². The molecule has 1 aliphatic heterocycles.